The first-order chi connectivity index (χ1) is 18.1. The number of aromatic hydroxyl groups is 3. The third-order valence-electron chi connectivity index (χ3n) is 6.59. The van der Waals surface area contributed by atoms with Gasteiger partial charge in [-0.3, -0.25) is 4.79 Å². The highest BCUT2D eigenvalue weighted by molar-refractivity contribution is 5.79. The Bertz CT molecular complexity index is 1030. The molecule has 1 aliphatic rings. The normalized spacial score (nSPS) is 25.1. The molecule has 1 heterocycles. The summed E-state index contributed by atoms with van der Waals surface area (Å²) in [5, 5.41) is 78.8. The zero-order chi connectivity index (χ0) is 27.8. The lowest BCUT2D eigenvalue weighted by Crippen LogP contribution is -2.59. The molecule has 2 aromatic carbocycles. The molecular weight excluding hydrogens is 500 g/mol. The largest absolute Gasteiger partial charge is 0.508 e. The number of phenols is 3. The molecule has 2 aromatic rings. The van der Waals surface area contributed by atoms with Crippen molar-refractivity contribution in [3.63, 3.8) is 0 Å². The molecule has 0 aliphatic carbocycles. The molecule has 0 saturated carbocycles. The highest BCUT2D eigenvalue weighted by atomic mass is 16.7. The van der Waals surface area contributed by atoms with Gasteiger partial charge in [0.05, 0.1) is 18.8 Å². The Labute approximate surface area is 220 Å². The first-order valence-corrected chi connectivity index (χ1v) is 12.5. The number of aliphatic hydroxyl groups excluding tert-OH is 5. The number of hydrogen-bond acceptors (Lipinski definition) is 11. The molecule has 11 heteroatoms. The number of rotatable bonds is 13. The second-order valence-electron chi connectivity index (χ2n) is 9.62. The maximum Gasteiger partial charge on any atom is 0.186 e. The number of benzene rings is 2. The molecule has 0 radical (unpaired) electrons. The van der Waals surface area contributed by atoms with Crippen molar-refractivity contribution in [3.05, 3.63) is 53.6 Å². The molecule has 0 bridgehead atoms. The van der Waals surface area contributed by atoms with Crippen LogP contribution in [0.25, 0.3) is 0 Å². The van der Waals surface area contributed by atoms with Crippen LogP contribution in [0.1, 0.15) is 36.8 Å². The predicted molar refractivity (Wildman–Crippen MR) is 133 cm³/mol. The molecule has 1 aliphatic heterocycles. The van der Waals surface area contributed by atoms with E-state index in [4.69, 9.17) is 9.47 Å². The fourth-order valence-corrected chi connectivity index (χ4v) is 4.34. The fraction of sp³-hybridized carbons (Fsp3) is 0.519. The van der Waals surface area contributed by atoms with Crippen LogP contribution in [0.15, 0.2) is 42.5 Å². The number of ether oxygens (including phenoxy) is 2. The lowest BCUT2D eigenvalue weighted by atomic mass is 9.97. The summed E-state index contributed by atoms with van der Waals surface area (Å²) in [6.45, 7) is -0.618. The van der Waals surface area contributed by atoms with E-state index in [0.717, 1.165) is 5.56 Å². The Balaban J connectivity index is 1.61. The molecule has 1 saturated heterocycles. The average molecular weight is 537 g/mol. The third kappa shape index (κ3) is 8.37. The molecule has 0 spiro atoms. The summed E-state index contributed by atoms with van der Waals surface area (Å²) in [5.74, 6) is -0.724. The quantitative estimate of drug-likeness (QED) is 0.164. The van der Waals surface area contributed by atoms with E-state index in [1.807, 2.05) is 0 Å². The summed E-state index contributed by atoms with van der Waals surface area (Å²) in [6, 6.07) is 10.8. The lowest BCUT2D eigenvalue weighted by Gasteiger charge is -2.40. The van der Waals surface area contributed by atoms with Gasteiger partial charge in [-0.15, -0.1) is 0 Å². The molecule has 0 aromatic heterocycles. The number of carbonyl (C=O) groups excluding carboxylic acids is 1. The summed E-state index contributed by atoms with van der Waals surface area (Å²) in [4.78, 5) is 12.8. The van der Waals surface area contributed by atoms with Crippen molar-refractivity contribution in [2.24, 2.45) is 0 Å². The SMILES string of the molecule is O=C(CC(O)CCc1ccc(O)c(O)c1)CC(CCc1ccc(O)cc1)OC1OC(CO)C(O)C(O)C1O. The molecule has 7 atom stereocenters. The monoisotopic (exact) mass is 536 g/mol. The summed E-state index contributed by atoms with van der Waals surface area (Å²) in [6.07, 6.45) is -8.07. The Morgan fingerprint density at radius 2 is 1.50 bits per heavy atom. The molecule has 38 heavy (non-hydrogen) atoms. The highest BCUT2D eigenvalue weighted by Crippen LogP contribution is 2.27. The van der Waals surface area contributed by atoms with Crippen LogP contribution in [0, 0.1) is 0 Å². The molecule has 1 fully saturated rings. The topological polar surface area (TPSA) is 197 Å². The van der Waals surface area contributed by atoms with Crippen LogP contribution in [-0.4, -0.2) is 96.2 Å². The number of ketones is 1. The predicted octanol–water partition coefficient (Wildman–Crippen LogP) is 0.264. The fourth-order valence-electron chi connectivity index (χ4n) is 4.34. The summed E-state index contributed by atoms with van der Waals surface area (Å²) in [5.41, 5.74) is 1.54. The number of carbonyl (C=O) groups is 1. The summed E-state index contributed by atoms with van der Waals surface area (Å²) < 4.78 is 11.3. The Kier molecular flexibility index (Phi) is 10.9. The van der Waals surface area contributed by atoms with Gasteiger partial charge in [-0.2, -0.15) is 0 Å². The van der Waals surface area contributed by atoms with Gasteiger partial charge in [0.2, 0.25) is 0 Å². The van der Waals surface area contributed by atoms with Crippen LogP contribution in [0.2, 0.25) is 0 Å². The molecule has 11 nitrogen and oxygen atoms in total. The maximum absolute atomic E-state index is 12.8. The Morgan fingerprint density at radius 3 is 2.16 bits per heavy atom. The first kappa shape index (κ1) is 29.8. The zero-order valence-electron chi connectivity index (χ0n) is 20.8. The van der Waals surface area contributed by atoms with Gasteiger partial charge < -0.3 is 50.3 Å². The number of phenolic OH excluding ortho intramolecular Hbond substituents is 3. The van der Waals surface area contributed by atoms with E-state index in [2.05, 4.69) is 0 Å². The van der Waals surface area contributed by atoms with E-state index in [-0.39, 0.29) is 42.3 Å². The van der Waals surface area contributed by atoms with Gasteiger partial charge in [-0.1, -0.05) is 18.2 Å². The van der Waals surface area contributed by atoms with Crippen LogP contribution >= 0.6 is 0 Å². The molecule has 3 rings (SSSR count). The van der Waals surface area contributed by atoms with Gasteiger partial charge in [0.25, 0.3) is 0 Å². The van der Waals surface area contributed by atoms with Gasteiger partial charge in [0.1, 0.15) is 35.9 Å². The molecule has 7 unspecified atom stereocenters. The van der Waals surface area contributed by atoms with Crippen molar-refractivity contribution < 1.29 is 55.1 Å². The van der Waals surface area contributed by atoms with Crippen molar-refractivity contribution in [2.75, 3.05) is 6.61 Å². The van der Waals surface area contributed by atoms with Gasteiger partial charge >= 0.3 is 0 Å². The Morgan fingerprint density at radius 1 is 0.842 bits per heavy atom. The second kappa shape index (κ2) is 13.9. The van der Waals surface area contributed by atoms with Crippen molar-refractivity contribution >= 4 is 5.78 Å². The van der Waals surface area contributed by atoms with Gasteiger partial charge in [-0.25, -0.2) is 0 Å². The van der Waals surface area contributed by atoms with Crippen LogP contribution in [0.4, 0.5) is 0 Å². The van der Waals surface area contributed by atoms with E-state index in [1.54, 1.807) is 18.2 Å². The van der Waals surface area contributed by atoms with Crippen molar-refractivity contribution in [1.82, 2.24) is 0 Å². The highest BCUT2D eigenvalue weighted by Gasteiger charge is 2.44. The van der Waals surface area contributed by atoms with Crippen molar-refractivity contribution in [1.29, 1.82) is 0 Å². The van der Waals surface area contributed by atoms with Gasteiger partial charge in [-0.05, 0) is 61.1 Å². The zero-order valence-corrected chi connectivity index (χ0v) is 20.8. The second-order valence-corrected chi connectivity index (χ2v) is 9.62. The molecule has 8 N–H and O–H groups in total. The lowest BCUT2D eigenvalue weighted by molar-refractivity contribution is -0.311. The van der Waals surface area contributed by atoms with Crippen molar-refractivity contribution in [3.8, 4) is 17.2 Å². The minimum absolute atomic E-state index is 0.106. The Hall–Kier alpha value is -2.77. The third-order valence-corrected chi connectivity index (χ3v) is 6.59. The number of hydrogen-bond donors (Lipinski definition) is 8. The van der Waals surface area contributed by atoms with E-state index < -0.39 is 49.5 Å². The minimum Gasteiger partial charge on any atom is -0.508 e. The van der Waals surface area contributed by atoms with E-state index in [9.17, 15) is 45.6 Å². The van der Waals surface area contributed by atoms with E-state index in [1.165, 1.54) is 24.3 Å². The smallest absolute Gasteiger partial charge is 0.186 e. The van der Waals surface area contributed by atoms with Crippen LogP contribution in [0.3, 0.4) is 0 Å². The average Bonchev–Trinajstić information content (AvgIpc) is 2.89. The van der Waals surface area contributed by atoms with E-state index >= 15 is 0 Å². The van der Waals surface area contributed by atoms with Gasteiger partial charge in [0, 0.05) is 12.8 Å². The summed E-state index contributed by atoms with van der Waals surface area (Å²) in [7, 11) is 0. The molecule has 0 amide bonds. The van der Waals surface area contributed by atoms with Gasteiger partial charge in [0.15, 0.2) is 17.8 Å². The van der Waals surface area contributed by atoms with Crippen LogP contribution in [-0.2, 0) is 27.1 Å². The number of aryl methyl sites for hydroxylation is 2. The van der Waals surface area contributed by atoms with Crippen LogP contribution < -0.4 is 0 Å². The van der Waals surface area contributed by atoms with Crippen LogP contribution in [0.5, 0.6) is 17.2 Å². The number of aliphatic hydroxyl groups is 5. The van der Waals surface area contributed by atoms with E-state index in [0.29, 0.717) is 24.8 Å². The number of Topliss-reactive ketones (excluding diaryl/α,β-unsaturated/α-hetero) is 1. The summed E-state index contributed by atoms with van der Waals surface area (Å²) >= 11 is 0. The first-order valence-electron chi connectivity index (χ1n) is 12.5. The molecular formula is C27H36O11. The molecule has 210 valence electrons. The maximum atomic E-state index is 12.8. The minimum atomic E-state index is -1.62. The standard InChI is InChI=1S/C27H36O11/c28-14-23-24(34)25(35)26(36)27(38-23)37-20(9-4-15-1-6-17(29)7-2-15)13-19(31)12-18(30)8-3-16-5-10-21(32)22(33)11-16/h1-2,5-7,10-11,18,20,23-30,32-36H,3-4,8-9,12-14H2. The van der Waals surface area contributed by atoms with Crippen molar-refractivity contribution in [2.45, 2.75) is 81.4 Å².